The van der Waals surface area contributed by atoms with E-state index in [0.717, 1.165) is 57.2 Å². The van der Waals surface area contributed by atoms with Crippen molar-refractivity contribution in [2.75, 3.05) is 18.0 Å². The smallest absolute Gasteiger partial charge is 0.418 e. The first-order valence-electron chi connectivity index (χ1n) is 13.5. The molecule has 2 saturated heterocycles. The van der Waals surface area contributed by atoms with Gasteiger partial charge in [0.1, 0.15) is 0 Å². The molecule has 0 radical (unpaired) electrons. The number of fused-ring (bicyclic) bond motifs is 2. The largest absolute Gasteiger partial charge is 0.433 e. The molecule has 3 aliphatic heterocycles. The van der Waals surface area contributed by atoms with E-state index in [9.17, 15) is 9.59 Å². The summed E-state index contributed by atoms with van der Waals surface area (Å²) in [5.74, 6) is -0.318. The van der Waals surface area contributed by atoms with E-state index in [1.165, 1.54) is 41.8 Å². The summed E-state index contributed by atoms with van der Waals surface area (Å²) in [7, 11) is 0. The highest BCUT2D eigenvalue weighted by Crippen LogP contribution is 2.47. The zero-order valence-electron chi connectivity index (χ0n) is 21.7. The monoisotopic (exact) mass is 550 g/mol. The van der Waals surface area contributed by atoms with Crippen molar-refractivity contribution >= 4 is 50.8 Å². The first-order chi connectivity index (χ1) is 18.2. The fourth-order valence-electron chi connectivity index (χ4n) is 6.74. The second-order valence-corrected chi connectivity index (χ2v) is 13.3. The van der Waals surface area contributed by atoms with Crippen LogP contribution in [0.4, 0.5) is 10.5 Å². The highest BCUT2D eigenvalue weighted by molar-refractivity contribution is 7.19. The number of aromatic nitrogens is 1. The average molecular weight is 551 g/mol. The number of nitrogens with one attached hydrogen (secondary N) is 1. The van der Waals surface area contributed by atoms with E-state index in [2.05, 4.69) is 33.4 Å². The summed E-state index contributed by atoms with van der Waals surface area (Å²) in [6.07, 6.45) is 8.47. The lowest BCUT2D eigenvalue weighted by atomic mass is 9.75. The van der Waals surface area contributed by atoms with Crippen molar-refractivity contribution in [3.8, 4) is 11.1 Å². The summed E-state index contributed by atoms with van der Waals surface area (Å²) in [5, 5.41) is 4.60. The molecule has 1 N–H and O–H groups in total. The van der Waals surface area contributed by atoms with Crippen LogP contribution in [-0.2, 0) is 22.5 Å². The van der Waals surface area contributed by atoms with E-state index in [-0.39, 0.29) is 12.5 Å². The summed E-state index contributed by atoms with van der Waals surface area (Å²) in [6.45, 7) is 5.49. The third-order valence-corrected chi connectivity index (χ3v) is 10.1. The van der Waals surface area contributed by atoms with Gasteiger partial charge in [-0.25, -0.2) is 9.69 Å². The van der Waals surface area contributed by atoms with Gasteiger partial charge in [0.15, 0.2) is 5.60 Å². The van der Waals surface area contributed by atoms with E-state index in [1.807, 2.05) is 12.3 Å². The predicted octanol–water partition coefficient (Wildman–Crippen LogP) is 5.91. The van der Waals surface area contributed by atoms with Crippen molar-refractivity contribution in [3.05, 3.63) is 45.9 Å². The molecule has 1 aromatic carbocycles. The first kappa shape index (κ1) is 24.4. The Morgan fingerprint density at radius 2 is 2.03 bits per heavy atom. The number of amides is 2. The maximum atomic E-state index is 12.7. The fourth-order valence-corrected chi connectivity index (χ4v) is 8.11. The van der Waals surface area contributed by atoms with Crippen molar-refractivity contribution in [2.24, 2.45) is 0 Å². The summed E-state index contributed by atoms with van der Waals surface area (Å²) in [6, 6.07) is 8.75. The number of pyridine rings is 1. The average Bonchev–Trinajstić information content (AvgIpc) is 3.54. The molecule has 1 aliphatic carbocycles. The van der Waals surface area contributed by atoms with Crippen LogP contribution in [0.5, 0.6) is 0 Å². The Hall–Kier alpha value is -2.68. The minimum absolute atomic E-state index is 0.178. The Balaban J connectivity index is 1.28. The summed E-state index contributed by atoms with van der Waals surface area (Å²) in [5.41, 5.74) is 4.90. The SMILES string of the molecule is CC1(C)OC(=O)N(Cc2cc3nccc(-c4cc(Cl)cc5c4N(C4CNC6(CCC6)C4)CCC5)c3s2)C1=O. The van der Waals surface area contributed by atoms with Crippen LogP contribution in [-0.4, -0.2) is 52.2 Å². The molecule has 1 spiro atoms. The molecule has 198 valence electrons. The van der Waals surface area contributed by atoms with Crippen molar-refractivity contribution in [2.45, 2.75) is 76.1 Å². The van der Waals surface area contributed by atoms with Crippen molar-refractivity contribution < 1.29 is 14.3 Å². The molecule has 3 fully saturated rings. The minimum atomic E-state index is -1.13. The third-order valence-electron chi connectivity index (χ3n) is 8.77. The molecule has 1 atom stereocenters. The number of ether oxygens (including phenoxy) is 1. The Morgan fingerprint density at radius 3 is 2.74 bits per heavy atom. The quantitative estimate of drug-likeness (QED) is 0.435. The highest BCUT2D eigenvalue weighted by Gasteiger charge is 2.47. The number of hydrogen-bond donors (Lipinski definition) is 1. The van der Waals surface area contributed by atoms with Crippen LogP contribution in [0.15, 0.2) is 30.5 Å². The van der Waals surface area contributed by atoms with E-state index in [4.69, 9.17) is 16.3 Å². The van der Waals surface area contributed by atoms with Crippen LogP contribution < -0.4 is 10.2 Å². The van der Waals surface area contributed by atoms with Gasteiger partial charge in [-0.15, -0.1) is 11.3 Å². The Kier molecular flexibility index (Phi) is 5.55. The van der Waals surface area contributed by atoms with E-state index >= 15 is 0 Å². The maximum absolute atomic E-state index is 12.7. The molecule has 2 amide bonds. The lowest BCUT2D eigenvalue weighted by molar-refractivity contribution is -0.134. The zero-order chi connectivity index (χ0) is 26.2. The second-order valence-electron chi connectivity index (χ2n) is 11.7. The normalized spacial score (nSPS) is 23.7. The number of rotatable bonds is 4. The second kappa shape index (κ2) is 8.66. The van der Waals surface area contributed by atoms with Gasteiger partial charge in [-0.1, -0.05) is 11.6 Å². The van der Waals surface area contributed by atoms with Gasteiger partial charge in [0.25, 0.3) is 5.91 Å². The predicted molar refractivity (Wildman–Crippen MR) is 150 cm³/mol. The number of aryl methyl sites for hydroxylation is 1. The summed E-state index contributed by atoms with van der Waals surface area (Å²) < 4.78 is 6.32. The molecule has 4 aliphatic rings. The topological polar surface area (TPSA) is 74.8 Å². The number of cyclic esters (lactones) is 1. The van der Waals surface area contributed by atoms with Gasteiger partial charge >= 0.3 is 6.09 Å². The number of carbonyl (C=O) groups excluding carboxylic acids is 2. The van der Waals surface area contributed by atoms with Gasteiger partial charge < -0.3 is 15.0 Å². The van der Waals surface area contributed by atoms with Crippen LogP contribution in [0.3, 0.4) is 0 Å². The fraction of sp³-hybridized carbons (Fsp3) is 0.483. The molecular weight excluding hydrogens is 520 g/mol. The summed E-state index contributed by atoms with van der Waals surface area (Å²) in [4.78, 5) is 34.5. The van der Waals surface area contributed by atoms with Gasteiger partial charge in [0.2, 0.25) is 0 Å². The number of hydrogen-bond acceptors (Lipinski definition) is 7. The number of anilines is 1. The standard InChI is InChI=1S/C29H31ClN4O3S/c1-28(2)26(35)34(27(36)37-28)16-20-13-23-25(38-20)21(6-9-31-23)22-12-18(30)11-17-5-3-10-33(24(17)22)19-14-29(32-15-19)7-4-8-29/h6,9,11-13,19,32H,3-5,7-8,10,14-16H2,1-2H3. The number of nitrogens with zero attached hydrogens (tertiary/aromatic N) is 3. The molecular formula is C29H31ClN4O3S. The van der Waals surface area contributed by atoms with Crippen LogP contribution >= 0.6 is 22.9 Å². The van der Waals surface area contributed by atoms with Gasteiger partial charge in [-0.2, -0.15) is 0 Å². The molecule has 1 unspecified atom stereocenters. The Morgan fingerprint density at radius 1 is 1.18 bits per heavy atom. The molecule has 0 bridgehead atoms. The maximum Gasteiger partial charge on any atom is 0.418 e. The molecule has 5 heterocycles. The number of halogens is 1. The number of carbonyl (C=O) groups is 2. The molecule has 3 aromatic rings. The zero-order valence-corrected chi connectivity index (χ0v) is 23.3. The molecule has 1 saturated carbocycles. The van der Waals surface area contributed by atoms with Crippen LogP contribution in [0.25, 0.3) is 21.3 Å². The lowest BCUT2D eigenvalue weighted by Crippen LogP contribution is -2.46. The molecule has 7 rings (SSSR count). The lowest BCUT2D eigenvalue weighted by Gasteiger charge is -2.41. The minimum Gasteiger partial charge on any atom is -0.433 e. The molecule has 2 aromatic heterocycles. The van der Waals surface area contributed by atoms with Gasteiger partial charge in [-0.05, 0) is 82.2 Å². The van der Waals surface area contributed by atoms with E-state index in [0.29, 0.717) is 11.6 Å². The van der Waals surface area contributed by atoms with Crippen LogP contribution in [0, 0.1) is 0 Å². The molecule has 9 heteroatoms. The van der Waals surface area contributed by atoms with Crippen molar-refractivity contribution in [1.29, 1.82) is 0 Å². The Labute approximate surface area is 231 Å². The highest BCUT2D eigenvalue weighted by atomic mass is 35.5. The first-order valence-corrected chi connectivity index (χ1v) is 14.7. The third kappa shape index (κ3) is 3.83. The van der Waals surface area contributed by atoms with E-state index < -0.39 is 11.7 Å². The van der Waals surface area contributed by atoms with Crippen LogP contribution in [0.1, 0.15) is 56.4 Å². The van der Waals surface area contributed by atoms with Crippen molar-refractivity contribution in [3.63, 3.8) is 0 Å². The summed E-state index contributed by atoms with van der Waals surface area (Å²) >= 11 is 8.28. The van der Waals surface area contributed by atoms with Crippen molar-refractivity contribution in [1.82, 2.24) is 15.2 Å². The van der Waals surface area contributed by atoms with Gasteiger partial charge in [-0.3, -0.25) is 9.78 Å². The van der Waals surface area contributed by atoms with E-state index in [1.54, 1.807) is 25.2 Å². The number of benzene rings is 1. The number of thiophene rings is 1. The number of imide groups is 1. The molecule has 7 nitrogen and oxygen atoms in total. The van der Waals surface area contributed by atoms with Gasteiger partial charge in [0.05, 0.1) is 16.8 Å². The van der Waals surface area contributed by atoms with Gasteiger partial charge in [0, 0.05) is 57.6 Å². The van der Waals surface area contributed by atoms with Crippen LogP contribution in [0.2, 0.25) is 5.02 Å². The molecule has 38 heavy (non-hydrogen) atoms. The Bertz CT molecular complexity index is 1480.